The van der Waals surface area contributed by atoms with E-state index in [1.165, 1.54) is 12.3 Å². The lowest BCUT2D eigenvalue weighted by Gasteiger charge is -2.06. The van der Waals surface area contributed by atoms with Gasteiger partial charge in [-0.2, -0.15) is 0 Å². The number of hydrogen-bond donors (Lipinski definition) is 1. The Kier molecular flexibility index (Phi) is 4.04. The Morgan fingerprint density at radius 1 is 1.28 bits per heavy atom. The van der Waals surface area contributed by atoms with Gasteiger partial charge in [0.1, 0.15) is 0 Å². The lowest BCUT2D eigenvalue weighted by molar-refractivity contribution is 0.102. The molecule has 2 rings (SSSR count). The number of amides is 1. The number of aromatic nitrogens is 1. The Labute approximate surface area is 112 Å². The number of alkyl halides is 1. The number of halogens is 2. The van der Waals surface area contributed by atoms with Crippen molar-refractivity contribution < 1.29 is 9.18 Å². The average molecular weight is 309 g/mol. The third kappa shape index (κ3) is 2.92. The number of nitrogens with zero attached hydrogens (tertiary/aromatic N) is 1. The summed E-state index contributed by atoms with van der Waals surface area (Å²) in [6, 6.07) is 8.65. The van der Waals surface area contributed by atoms with Crippen LogP contribution in [0.25, 0.3) is 0 Å². The molecule has 0 atom stereocenters. The van der Waals surface area contributed by atoms with Crippen LogP contribution >= 0.6 is 15.9 Å². The van der Waals surface area contributed by atoms with E-state index in [2.05, 4.69) is 26.2 Å². The van der Waals surface area contributed by atoms with Crippen LogP contribution in [0.5, 0.6) is 0 Å². The van der Waals surface area contributed by atoms with Gasteiger partial charge in [-0.25, -0.2) is 4.39 Å². The Morgan fingerprint density at radius 2 is 2.00 bits per heavy atom. The van der Waals surface area contributed by atoms with E-state index in [1.54, 1.807) is 12.1 Å². The number of carbonyl (C=O) groups excluding carboxylic acids is 1. The SMILES string of the molecule is O=C(Nc1ccc(CBr)cc1)c1ccncc1F. The smallest absolute Gasteiger partial charge is 0.258 e. The van der Waals surface area contributed by atoms with Gasteiger partial charge < -0.3 is 5.32 Å². The molecule has 0 radical (unpaired) electrons. The molecular weight excluding hydrogens is 299 g/mol. The molecule has 1 aromatic heterocycles. The molecule has 92 valence electrons. The van der Waals surface area contributed by atoms with Crippen LogP contribution in [-0.4, -0.2) is 10.9 Å². The summed E-state index contributed by atoms with van der Waals surface area (Å²) in [5.74, 6) is -1.12. The first kappa shape index (κ1) is 12.7. The first-order chi connectivity index (χ1) is 8.70. The number of rotatable bonds is 3. The minimum atomic E-state index is -0.632. The molecule has 1 aromatic carbocycles. The van der Waals surface area contributed by atoms with E-state index < -0.39 is 11.7 Å². The van der Waals surface area contributed by atoms with Gasteiger partial charge in [0.2, 0.25) is 0 Å². The van der Waals surface area contributed by atoms with Crippen molar-refractivity contribution in [1.29, 1.82) is 0 Å². The van der Waals surface area contributed by atoms with Crippen molar-refractivity contribution in [2.45, 2.75) is 5.33 Å². The Bertz CT molecular complexity index is 557. The van der Waals surface area contributed by atoms with Crippen LogP contribution in [0.4, 0.5) is 10.1 Å². The summed E-state index contributed by atoms with van der Waals surface area (Å²) in [5.41, 5.74) is 1.71. The van der Waals surface area contributed by atoms with E-state index in [9.17, 15) is 9.18 Å². The second kappa shape index (κ2) is 5.73. The van der Waals surface area contributed by atoms with Gasteiger partial charge in [-0.1, -0.05) is 28.1 Å². The Morgan fingerprint density at radius 3 is 2.61 bits per heavy atom. The Hall–Kier alpha value is -1.75. The molecule has 0 aliphatic rings. The highest BCUT2D eigenvalue weighted by Crippen LogP contribution is 2.14. The van der Waals surface area contributed by atoms with Crippen molar-refractivity contribution in [3.63, 3.8) is 0 Å². The van der Waals surface area contributed by atoms with Crippen molar-refractivity contribution in [3.8, 4) is 0 Å². The van der Waals surface area contributed by atoms with Gasteiger partial charge >= 0.3 is 0 Å². The molecule has 1 amide bonds. The molecule has 3 nitrogen and oxygen atoms in total. The monoisotopic (exact) mass is 308 g/mol. The van der Waals surface area contributed by atoms with E-state index in [1.807, 2.05) is 12.1 Å². The lowest BCUT2D eigenvalue weighted by atomic mass is 10.2. The molecule has 0 saturated carbocycles. The quantitative estimate of drug-likeness (QED) is 0.883. The second-order valence-corrected chi connectivity index (χ2v) is 4.20. The summed E-state index contributed by atoms with van der Waals surface area (Å²) in [7, 11) is 0. The molecule has 0 aliphatic heterocycles. The molecule has 0 fully saturated rings. The van der Waals surface area contributed by atoms with Crippen LogP contribution in [0.3, 0.4) is 0 Å². The maximum atomic E-state index is 13.3. The average Bonchev–Trinajstić information content (AvgIpc) is 2.40. The minimum Gasteiger partial charge on any atom is -0.322 e. The van der Waals surface area contributed by atoms with Crippen molar-refractivity contribution >= 4 is 27.5 Å². The number of benzene rings is 1. The van der Waals surface area contributed by atoms with Gasteiger partial charge in [0.05, 0.1) is 11.8 Å². The van der Waals surface area contributed by atoms with Gasteiger partial charge in [-0.3, -0.25) is 9.78 Å². The van der Waals surface area contributed by atoms with Crippen LogP contribution in [0.15, 0.2) is 42.7 Å². The number of pyridine rings is 1. The molecule has 0 unspecified atom stereocenters. The van der Waals surface area contributed by atoms with Crippen LogP contribution in [0, 0.1) is 5.82 Å². The maximum Gasteiger partial charge on any atom is 0.258 e. The summed E-state index contributed by atoms with van der Waals surface area (Å²) in [5, 5.41) is 3.38. The number of carbonyl (C=O) groups is 1. The summed E-state index contributed by atoms with van der Waals surface area (Å²) in [6.07, 6.45) is 2.40. The second-order valence-electron chi connectivity index (χ2n) is 3.64. The standard InChI is InChI=1S/C13H10BrFN2O/c14-7-9-1-3-10(4-2-9)17-13(18)11-5-6-16-8-12(11)15/h1-6,8H,7H2,(H,17,18). The first-order valence-electron chi connectivity index (χ1n) is 5.26. The van der Waals surface area contributed by atoms with Gasteiger partial charge in [-0.05, 0) is 23.8 Å². The fraction of sp³-hybridized carbons (Fsp3) is 0.0769. The summed E-state index contributed by atoms with van der Waals surface area (Å²) < 4.78 is 13.3. The molecule has 0 aliphatic carbocycles. The molecule has 1 heterocycles. The number of nitrogens with one attached hydrogen (secondary N) is 1. The van der Waals surface area contributed by atoms with Gasteiger partial charge in [0.15, 0.2) is 5.82 Å². The van der Waals surface area contributed by atoms with Crippen molar-refractivity contribution in [2.24, 2.45) is 0 Å². The fourth-order valence-corrected chi connectivity index (χ4v) is 1.81. The largest absolute Gasteiger partial charge is 0.322 e. The molecule has 1 N–H and O–H groups in total. The zero-order valence-corrected chi connectivity index (χ0v) is 10.9. The highest BCUT2D eigenvalue weighted by molar-refractivity contribution is 9.08. The van der Waals surface area contributed by atoms with E-state index in [4.69, 9.17) is 0 Å². The van der Waals surface area contributed by atoms with E-state index in [-0.39, 0.29) is 5.56 Å². The zero-order valence-electron chi connectivity index (χ0n) is 9.36. The summed E-state index contributed by atoms with van der Waals surface area (Å²) >= 11 is 3.34. The molecule has 2 aromatic rings. The lowest BCUT2D eigenvalue weighted by Crippen LogP contribution is -2.13. The number of anilines is 1. The predicted octanol–water partition coefficient (Wildman–Crippen LogP) is 3.37. The minimum absolute atomic E-state index is 0.0189. The first-order valence-corrected chi connectivity index (χ1v) is 6.38. The van der Waals surface area contributed by atoms with Gasteiger partial charge in [0.25, 0.3) is 5.91 Å². The topological polar surface area (TPSA) is 42.0 Å². The normalized spacial score (nSPS) is 10.1. The Balaban J connectivity index is 2.14. The molecule has 0 spiro atoms. The van der Waals surface area contributed by atoms with Crippen LogP contribution < -0.4 is 5.32 Å². The van der Waals surface area contributed by atoms with E-state index in [0.29, 0.717) is 5.69 Å². The third-order valence-corrected chi connectivity index (χ3v) is 3.03. The molecule has 18 heavy (non-hydrogen) atoms. The van der Waals surface area contributed by atoms with Crippen molar-refractivity contribution in [2.75, 3.05) is 5.32 Å². The molecule has 5 heteroatoms. The van der Waals surface area contributed by atoms with Crippen LogP contribution in [0.2, 0.25) is 0 Å². The van der Waals surface area contributed by atoms with Crippen molar-refractivity contribution in [3.05, 3.63) is 59.7 Å². The van der Waals surface area contributed by atoms with E-state index >= 15 is 0 Å². The molecule has 0 bridgehead atoms. The van der Waals surface area contributed by atoms with Crippen LogP contribution in [-0.2, 0) is 5.33 Å². The van der Waals surface area contributed by atoms with Gasteiger partial charge in [0, 0.05) is 17.2 Å². The van der Waals surface area contributed by atoms with E-state index in [0.717, 1.165) is 17.1 Å². The summed E-state index contributed by atoms with van der Waals surface area (Å²) in [6.45, 7) is 0. The molecular formula is C13H10BrFN2O. The predicted molar refractivity (Wildman–Crippen MR) is 71.2 cm³/mol. The zero-order chi connectivity index (χ0) is 13.0. The van der Waals surface area contributed by atoms with Crippen molar-refractivity contribution in [1.82, 2.24) is 4.98 Å². The number of hydrogen-bond acceptors (Lipinski definition) is 2. The summed E-state index contributed by atoms with van der Waals surface area (Å²) in [4.78, 5) is 15.4. The fourth-order valence-electron chi connectivity index (χ4n) is 1.43. The molecule has 0 saturated heterocycles. The highest BCUT2D eigenvalue weighted by Gasteiger charge is 2.11. The van der Waals surface area contributed by atoms with Gasteiger partial charge in [-0.15, -0.1) is 0 Å². The third-order valence-electron chi connectivity index (χ3n) is 2.38. The maximum absolute atomic E-state index is 13.3. The highest BCUT2D eigenvalue weighted by atomic mass is 79.9. The van der Waals surface area contributed by atoms with Crippen LogP contribution in [0.1, 0.15) is 15.9 Å².